The zero-order valence-corrected chi connectivity index (χ0v) is 9.75. The number of carbonyl (C=O) groups is 2. The molecule has 0 aliphatic carbocycles. The molecule has 0 amide bonds. The summed E-state index contributed by atoms with van der Waals surface area (Å²) in [6.45, 7) is 1.88. The molecular weight excluding hydrogens is 236 g/mol. The van der Waals surface area contributed by atoms with Gasteiger partial charge in [0.15, 0.2) is 11.5 Å². The summed E-state index contributed by atoms with van der Waals surface area (Å²) in [5.41, 5.74) is 6.27. The molecule has 0 spiro atoms. The number of fused-ring (bicyclic) bond motifs is 1. The molecule has 1 aliphatic rings. The van der Waals surface area contributed by atoms with Crippen LogP contribution in [-0.2, 0) is 9.59 Å². The van der Waals surface area contributed by atoms with Crippen LogP contribution in [0.15, 0.2) is 24.4 Å². The third-order valence-corrected chi connectivity index (χ3v) is 2.46. The minimum absolute atomic E-state index is 0.106. The van der Waals surface area contributed by atoms with E-state index in [4.69, 9.17) is 15.2 Å². The van der Waals surface area contributed by atoms with Gasteiger partial charge in [-0.2, -0.15) is 0 Å². The Morgan fingerprint density at radius 1 is 1.28 bits per heavy atom. The van der Waals surface area contributed by atoms with Gasteiger partial charge in [-0.1, -0.05) is 6.92 Å². The van der Waals surface area contributed by atoms with Gasteiger partial charge < -0.3 is 15.2 Å². The van der Waals surface area contributed by atoms with Crippen LogP contribution in [0, 0.1) is 0 Å². The van der Waals surface area contributed by atoms with E-state index in [0.717, 1.165) is 12.2 Å². The largest absolute Gasteiger partial charge is 0.419 e. The highest BCUT2D eigenvalue weighted by atomic mass is 16.6. The van der Waals surface area contributed by atoms with Crippen LogP contribution in [-0.4, -0.2) is 16.9 Å². The Hall–Kier alpha value is -2.21. The van der Waals surface area contributed by atoms with Crippen LogP contribution < -0.4 is 15.2 Å². The molecule has 2 N–H and O–H groups in total. The smallest absolute Gasteiger partial charge is 0.336 e. The summed E-state index contributed by atoms with van der Waals surface area (Å²) in [6, 6.07) is 1.06. The number of rotatable bonds is 2. The lowest BCUT2D eigenvalue weighted by Gasteiger charge is -2.16. The van der Waals surface area contributed by atoms with Crippen molar-refractivity contribution in [2.45, 2.75) is 19.4 Å². The quantitative estimate of drug-likeness (QED) is 0.781. The predicted molar refractivity (Wildman–Crippen MR) is 61.9 cm³/mol. The fraction of sp³-hybridized carbons (Fsp3) is 0.250. The predicted octanol–water partition coefficient (Wildman–Crippen LogP) is 0.872. The molecule has 0 aromatic carbocycles. The van der Waals surface area contributed by atoms with Crippen molar-refractivity contribution in [1.29, 1.82) is 0 Å². The first-order valence-electron chi connectivity index (χ1n) is 5.48. The number of nitrogens with zero attached hydrogens (tertiary/aromatic N) is 1. The number of esters is 2. The van der Waals surface area contributed by atoms with E-state index in [1.165, 1.54) is 12.3 Å². The molecule has 0 fully saturated rings. The number of ether oxygens (including phenoxy) is 2. The minimum Gasteiger partial charge on any atom is -0.419 e. The van der Waals surface area contributed by atoms with Gasteiger partial charge in [0.25, 0.3) is 0 Å². The Kier molecular flexibility index (Phi) is 3.38. The van der Waals surface area contributed by atoms with E-state index in [1.54, 1.807) is 0 Å². The lowest BCUT2D eigenvalue weighted by Crippen LogP contribution is -2.18. The minimum atomic E-state index is -0.662. The Labute approximate surface area is 103 Å². The maximum absolute atomic E-state index is 11.4. The molecule has 0 bridgehead atoms. The van der Waals surface area contributed by atoms with Crippen LogP contribution >= 0.6 is 0 Å². The van der Waals surface area contributed by atoms with Crippen molar-refractivity contribution >= 4 is 11.9 Å². The number of nitrogens with two attached hydrogens (primary N) is 1. The van der Waals surface area contributed by atoms with Crippen molar-refractivity contribution in [1.82, 2.24) is 4.98 Å². The van der Waals surface area contributed by atoms with E-state index in [0.29, 0.717) is 12.1 Å². The molecular formula is C12H12N2O4. The highest BCUT2D eigenvalue weighted by molar-refractivity contribution is 5.95. The molecule has 0 saturated heterocycles. The van der Waals surface area contributed by atoms with Gasteiger partial charge in [0, 0.05) is 24.4 Å². The normalized spacial score (nSPS) is 17.9. The number of carbonyl (C=O) groups excluding carboxylic acids is 2. The van der Waals surface area contributed by atoms with Crippen LogP contribution in [0.4, 0.5) is 0 Å². The van der Waals surface area contributed by atoms with Crippen molar-refractivity contribution in [2.75, 3.05) is 0 Å². The molecule has 1 aromatic heterocycles. The molecule has 0 radical (unpaired) electrons. The molecule has 1 atom stereocenters. The van der Waals surface area contributed by atoms with E-state index < -0.39 is 18.0 Å². The van der Waals surface area contributed by atoms with Gasteiger partial charge in [-0.3, -0.25) is 4.98 Å². The Balaban J connectivity index is 2.51. The molecule has 18 heavy (non-hydrogen) atoms. The summed E-state index contributed by atoms with van der Waals surface area (Å²) in [4.78, 5) is 26.8. The van der Waals surface area contributed by atoms with Crippen LogP contribution in [0.5, 0.6) is 11.5 Å². The molecule has 0 saturated carbocycles. The van der Waals surface area contributed by atoms with Crippen molar-refractivity contribution in [3.8, 4) is 11.5 Å². The highest BCUT2D eigenvalue weighted by Gasteiger charge is 2.22. The van der Waals surface area contributed by atoms with E-state index in [9.17, 15) is 9.59 Å². The zero-order chi connectivity index (χ0) is 13.1. The monoisotopic (exact) mass is 248 g/mol. The first kappa shape index (κ1) is 12.3. The standard InChI is InChI=1S/C12H12N2O4/c1-2-7(13)11-12-8(5-6-14-11)17-9(15)3-4-10(16)18-12/h3-7H,2,13H2,1H3/b4-3+. The first-order valence-corrected chi connectivity index (χ1v) is 5.48. The summed E-state index contributed by atoms with van der Waals surface area (Å²) >= 11 is 0. The van der Waals surface area contributed by atoms with Gasteiger partial charge in [0.2, 0.25) is 0 Å². The highest BCUT2D eigenvalue weighted by Crippen LogP contribution is 2.34. The molecule has 1 aromatic rings. The van der Waals surface area contributed by atoms with Crippen LogP contribution in [0.1, 0.15) is 25.1 Å². The Bertz CT molecular complexity index is 525. The van der Waals surface area contributed by atoms with Crippen molar-refractivity contribution in [3.63, 3.8) is 0 Å². The average molecular weight is 248 g/mol. The van der Waals surface area contributed by atoms with Gasteiger partial charge in [-0.05, 0) is 6.42 Å². The number of hydrogen-bond acceptors (Lipinski definition) is 6. The topological polar surface area (TPSA) is 91.5 Å². The number of hydrogen-bond donors (Lipinski definition) is 1. The second kappa shape index (κ2) is 4.97. The second-order valence-electron chi connectivity index (χ2n) is 3.71. The Morgan fingerprint density at radius 3 is 2.61 bits per heavy atom. The van der Waals surface area contributed by atoms with E-state index in [1.807, 2.05) is 6.92 Å². The van der Waals surface area contributed by atoms with Gasteiger partial charge in [0.1, 0.15) is 5.69 Å². The molecule has 6 nitrogen and oxygen atoms in total. The third kappa shape index (κ3) is 2.38. The van der Waals surface area contributed by atoms with Crippen LogP contribution in [0.2, 0.25) is 0 Å². The molecule has 6 heteroatoms. The summed E-state index contributed by atoms with van der Waals surface area (Å²) in [7, 11) is 0. The fourth-order valence-electron chi connectivity index (χ4n) is 1.50. The molecule has 2 rings (SSSR count). The lowest BCUT2D eigenvalue weighted by molar-refractivity contribution is -0.133. The summed E-state index contributed by atoms with van der Waals surface area (Å²) in [5, 5.41) is 0. The van der Waals surface area contributed by atoms with E-state index in [2.05, 4.69) is 4.98 Å². The fourth-order valence-corrected chi connectivity index (χ4v) is 1.50. The maximum Gasteiger partial charge on any atom is 0.336 e. The van der Waals surface area contributed by atoms with Crippen LogP contribution in [0.25, 0.3) is 0 Å². The first-order chi connectivity index (χ1) is 8.61. The van der Waals surface area contributed by atoms with Crippen LogP contribution in [0.3, 0.4) is 0 Å². The third-order valence-electron chi connectivity index (χ3n) is 2.46. The van der Waals surface area contributed by atoms with Crippen molar-refractivity contribution < 1.29 is 19.1 Å². The molecule has 1 unspecified atom stereocenters. The zero-order valence-electron chi connectivity index (χ0n) is 9.75. The molecule has 1 aliphatic heterocycles. The summed E-state index contributed by atoms with van der Waals surface area (Å²) < 4.78 is 10.1. The van der Waals surface area contributed by atoms with Gasteiger partial charge in [-0.25, -0.2) is 9.59 Å². The summed E-state index contributed by atoms with van der Waals surface area (Å²) in [5.74, 6) is -1.05. The maximum atomic E-state index is 11.4. The van der Waals surface area contributed by atoms with E-state index >= 15 is 0 Å². The Morgan fingerprint density at radius 2 is 1.94 bits per heavy atom. The summed E-state index contributed by atoms with van der Waals surface area (Å²) in [6.07, 6.45) is 4.07. The van der Waals surface area contributed by atoms with E-state index in [-0.39, 0.29) is 11.5 Å². The molecule has 94 valence electrons. The van der Waals surface area contributed by atoms with Gasteiger partial charge in [0.05, 0.1) is 6.04 Å². The van der Waals surface area contributed by atoms with Crippen molar-refractivity contribution in [3.05, 3.63) is 30.1 Å². The van der Waals surface area contributed by atoms with Crippen molar-refractivity contribution in [2.24, 2.45) is 5.73 Å². The SMILES string of the molecule is CCC(N)c1nccc2c1OC(=O)/C=C/C(=O)O2. The number of aromatic nitrogens is 1. The second-order valence-corrected chi connectivity index (χ2v) is 3.71. The lowest BCUT2D eigenvalue weighted by atomic mass is 10.1. The molecule has 2 heterocycles. The average Bonchev–Trinajstić information content (AvgIpc) is 2.35. The van der Waals surface area contributed by atoms with Gasteiger partial charge >= 0.3 is 11.9 Å². The number of pyridine rings is 1. The van der Waals surface area contributed by atoms with Gasteiger partial charge in [-0.15, -0.1) is 0 Å².